The highest BCUT2D eigenvalue weighted by atomic mass is 35.5. The van der Waals surface area contributed by atoms with E-state index in [9.17, 15) is 4.79 Å². The lowest BCUT2D eigenvalue weighted by molar-refractivity contribution is -0.133. The van der Waals surface area contributed by atoms with Crippen molar-refractivity contribution in [3.8, 4) is 0 Å². The molecule has 0 spiro atoms. The second kappa shape index (κ2) is 5.78. The molecule has 2 saturated carbocycles. The number of furan rings is 1. The number of rotatable bonds is 5. The second-order valence-electron chi connectivity index (χ2n) is 6.11. The van der Waals surface area contributed by atoms with Gasteiger partial charge in [0.15, 0.2) is 0 Å². The van der Waals surface area contributed by atoms with Crippen LogP contribution in [0.2, 0.25) is 0 Å². The van der Waals surface area contributed by atoms with Crippen LogP contribution in [-0.4, -0.2) is 22.9 Å². The fraction of sp³-hybridized carbons (Fsp3) is 0.667. The van der Waals surface area contributed by atoms with Gasteiger partial charge in [0.1, 0.15) is 11.5 Å². The smallest absolute Gasteiger partial charge is 0.239 e. The molecule has 0 aliphatic heterocycles. The summed E-state index contributed by atoms with van der Waals surface area (Å²) in [6.07, 6.45) is 3.40. The predicted molar refractivity (Wildman–Crippen MR) is 79.7 cm³/mol. The summed E-state index contributed by atoms with van der Waals surface area (Å²) in [5.41, 5.74) is 5.72. The molecular weight excluding hydrogens is 276 g/mol. The van der Waals surface area contributed by atoms with Crippen LogP contribution in [0.15, 0.2) is 16.5 Å². The average Bonchev–Trinajstić information content (AvgIpc) is 3.28. The van der Waals surface area contributed by atoms with Crippen LogP contribution in [0.5, 0.6) is 0 Å². The summed E-state index contributed by atoms with van der Waals surface area (Å²) in [7, 11) is 0. The zero-order valence-electron chi connectivity index (χ0n) is 12.0. The lowest BCUT2D eigenvalue weighted by Gasteiger charge is -2.23. The van der Waals surface area contributed by atoms with Gasteiger partial charge in [0.25, 0.3) is 0 Å². The largest absolute Gasteiger partial charge is 0.464 e. The van der Waals surface area contributed by atoms with Gasteiger partial charge in [-0.2, -0.15) is 0 Å². The van der Waals surface area contributed by atoms with E-state index in [1.807, 2.05) is 11.0 Å². The molecule has 2 fully saturated rings. The van der Waals surface area contributed by atoms with E-state index in [0.29, 0.717) is 18.5 Å². The van der Waals surface area contributed by atoms with E-state index in [4.69, 9.17) is 10.2 Å². The van der Waals surface area contributed by atoms with E-state index in [0.717, 1.165) is 30.3 Å². The minimum absolute atomic E-state index is 0. The first kappa shape index (κ1) is 15.4. The SMILES string of the molecule is CC(N)C(=O)N(Cc1ccc(C2CC2C)o1)C1CC1.Cl. The summed E-state index contributed by atoms with van der Waals surface area (Å²) in [4.78, 5) is 14.0. The standard InChI is InChI=1S/C15H22N2O2.ClH/c1-9-7-13(9)14-6-5-12(19-14)8-17(11-3-4-11)15(18)10(2)16;/h5-6,9-11,13H,3-4,7-8,16H2,1-2H3;1H. The molecule has 3 unspecified atom stereocenters. The summed E-state index contributed by atoms with van der Waals surface area (Å²) in [5.74, 6) is 3.32. The number of amides is 1. The Balaban J connectivity index is 0.00000147. The Kier molecular flexibility index (Phi) is 4.45. The van der Waals surface area contributed by atoms with Gasteiger partial charge in [-0.25, -0.2) is 0 Å². The molecule has 0 saturated heterocycles. The first-order chi connectivity index (χ1) is 9.06. The number of hydrogen-bond donors (Lipinski definition) is 1. The Hall–Kier alpha value is -1.00. The van der Waals surface area contributed by atoms with Crippen molar-refractivity contribution < 1.29 is 9.21 Å². The normalized spacial score (nSPS) is 25.8. The molecule has 3 rings (SSSR count). The average molecular weight is 299 g/mol. The van der Waals surface area contributed by atoms with Crippen LogP contribution in [0.4, 0.5) is 0 Å². The number of halogens is 1. The van der Waals surface area contributed by atoms with Crippen LogP contribution in [0, 0.1) is 5.92 Å². The van der Waals surface area contributed by atoms with Gasteiger partial charge in [0.05, 0.1) is 12.6 Å². The van der Waals surface area contributed by atoms with Crippen molar-refractivity contribution in [2.75, 3.05) is 0 Å². The highest BCUT2D eigenvalue weighted by Crippen LogP contribution is 2.47. The van der Waals surface area contributed by atoms with Gasteiger partial charge in [0.2, 0.25) is 5.91 Å². The summed E-state index contributed by atoms with van der Waals surface area (Å²) in [6, 6.07) is 4.00. The minimum Gasteiger partial charge on any atom is -0.464 e. The molecule has 20 heavy (non-hydrogen) atoms. The van der Waals surface area contributed by atoms with E-state index in [1.54, 1.807) is 6.92 Å². The van der Waals surface area contributed by atoms with E-state index >= 15 is 0 Å². The molecule has 112 valence electrons. The Bertz CT molecular complexity index is 482. The molecule has 2 N–H and O–H groups in total. The van der Waals surface area contributed by atoms with Crippen molar-refractivity contribution in [3.63, 3.8) is 0 Å². The van der Waals surface area contributed by atoms with Crippen LogP contribution >= 0.6 is 12.4 Å². The Labute approximate surface area is 126 Å². The van der Waals surface area contributed by atoms with Crippen molar-refractivity contribution in [1.29, 1.82) is 0 Å². The van der Waals surface area contributed by atoms with Crippen LogP contribution in [-0.2, 0) is 11.3 Å². The number of nitrogens with two attached hydrogens (primary N) is 1. The summed E-state index contributed by atoms with van der Waals surface area (Å²) >= 11 is 0. The molecule has 1 aromatic heterocycles. The predicted octanol–water partition coefficient (Wildman–Crippen LogP) is 2.66. The van der Waals surface area contributed by atoms with E-state index in [2.05, 4.69) is 13.0 Å². The van der Waals surface area contributed by atoms with Crippen LogP contribution in [0.3, 0.4) is 0 Å². The molecule has 0 aromatic carbocycles. The third-order valence-electron chi connectivity index (χ3n) is 4.14. The van der Waals surface area contributed by atoms with Gasteiger partial charge in [-0.05, 0) is 44.2 Å². The van der Waals surface area contributed by atoms with Gasteiger partial charge >= 0.3 is 0 Å². The molecule has 0 radical (unpaired) electrons. The van der Waals surface area contributed by atoms with Crippen molar-refractivity contribution >= 4 is 18.3 Å². The van der Waals surface area contributed by atoms with Gasteiger partial charge in [0, 0.05) is 12.0 Å². The third kappa shape index (κ3) is 3.18. The molecule has 5 heteroatoms. The van der Waals surface area contributed by atoms with E-state index in [1.165, 1.54) is 6.42 Å². The Morgan fingerprint density at radius 2 is 2.15 bits per heavy atom. The summed E-state index contributed by atoms with van der Waals surface area (Å²) < 4.78 is 5.88. The maximum absolute atomic E-state index is 12.1. The lowest BCUT2D eigenvalue weighted by Crippen LogP contribution is -2.42. The number of carbonyl (C=O) groups excluding carboxylic acids is 1. The molecule has 1 aromatic rings. The maximum atomic E-state index is 12.1. The zero-order valence-corrected chi connectivity index (χ0v) is 12.9. The number of nitrogens with zero attached hydrogens (tertiary/aromatic N) is 1. The molecule has 3 atom stereocenters. The minimum atomic E-state index is -0.432. The first-order valence-electron chi connectivity index (χ1n) is 7.21. The number of carbonyl (C=O) groups is 1. The lowest BCUT2D eigenvalue weighted by atomic mass is 10.2. The summed E-state index contributed by atoms with van der Waals surface area (Å²) in [6.45, 7) is 4.55. The van der Waals surface area contributed by atoms with Crippen molar-refractivity contribution in [3.05, 3.63) is 23.7 Å². The van der Waals surface area contributed by atoms with Crippen molar-refractivity contribution in [1.82, 2.24) is 4.90 Å². The third-order valence-corrected chi connectivity index (χ3v) is 4.14. The highest BCUT2D eigenvalue weighted by Gasteiger charge is 2.37. The molecular formula is C15H23ClN2O2. The number of hydrogen-bond acceptors (Lipinski definition) is 3. The monoisotopic (exact) mass is 298 g/mol. The van der Waals surface area contributed by atoms with E-state index in [-0.39, 0.29) is 18.3 Å². The van der Waals surface area contributed by atoms with Gasteiger partial charge in [-0.15, -0.1) is 12.4 Å². The first-order valence-corrected chi connectivity index (χ1v) is 7.21. The molecule has 0 bridgehead atoms. The Morgan fingerprint density at radius 3 is 2.65 bits per heavy atom. The molecule has 1 amide bonds. The van der Waals surface area contributed by atoms with Crippen molar-refractivity contribution in [2.45, 2.75) is 57.7 Å². The van der Waals surface area contributed by atoms with E-state index < -0.39 is 6.04 Å². The fourth-order valence-corrected chi connectivity index (χ4v) is 2.60. The van der Waals surface area contributed by atoms with Gasteiger partial charge < -0.3 is 15.1 Å². The summed E-state index contributed by atoms with van der Waals surface area (Å²) in [5, 5.41) is 0. The van der Waals surface area contributed by atoms with Gasteiger partial charge in [-0.3, -0.25) is 4.79 Å². The van der Waals surface area contributed by atoms with Crippen molar-refractivity contribution in [2.24, 2.45) is 11.7 Å². The molecule has 2 aliphatic rings. The highest BCUT2D eigenvalue weighted by molar-refractivity contribution is 5.85. The van der Waals surface area contributed by atoms with Crippen LogP contribution in [0.25, 0.3) is 0 Å². The second-order valence-corrected chi connectivity index (χ2v) is 6.11. The quantitative estimate of drug-likeness (QED) is 0.909. The Morgan fingerprint density at radius 1 is 1.50 bits per heavy atom. The molecule has 4 nitrogen and oxygen atoms in total. The molecule has 1 heterocycles. The zero-order chi connectivity index (χ0) is 13.6. The fourth-order valence-electron chi connectivity index (χ4n) is 2.60. The topological polar surface area (TPSA) is 59.5 Å². The van der Waals surface area contributed by atoms with Gasteiger partial charge in [-0.1, -0.05) is 6.92 Å². The maximum Gasteiger partial charge on any atom is 0.239 e. The molecule has 2 aliphatic carbocycles. The van der Waals surface area contributed by atoms with Crippen LogP contribution in [0.1, 0.15) is 50.5 Å². The van der Waals surface area contributed by atoms with Crippen LogP contribution < -0.4 is 5.73 Å².